The molecule has 2 unspecified atom stereocenters. The molecule has 1 N–H and O–H groups in total. The van der Waals surface area contributed by atoms with Crippen LogP contribution in [0.1, 0.15) is 39.2 Å². The van der Waals surface area contributed by atoms with Crippen LogP contribution < -0.4 is 10.2 Å². The zero-order chi connectivity index (χ0) is 14.8. The molecule has 2 aliphatic heterocycles. The van der Waals surface area contributed by atoms with Crippen molar-refractivity contribution in [2.24, 2.45) is 0 Å². The summed E-state index contributed by atoms with van der Waals surface area (Å²) in [6.45, 7) is 11.2. The molecule has 2 atom stereocenters. The molecule has 2 aliphatic rings. The van der Waals surface area contributed by atoms with Crippen LogP contribution in [0.15, 0.2) is 18.3 Å². The van der Waals surface area contributed by atoms with Gasteiger partial charge in [-0.15, -0.1) is 0 Å². The van der Waals surface area contributed by atoms with Gasteiger partial charge in [-0.3, -0.25) is 4.90 Å². The highest BCUT2D eigenvalue weighted by molar-refractivity contribution is 5.48. The molecule has 2 saturated heterocycles. The van der Waals surface area contributed by atoms with Gasteiger partial charge in [-0.05, 0) is 32.4 Å². The van der Waals surface area contributed by atoms with Gasteiger partial charge in [-0.2, -0.15) is 0 Å². The van der Waals surface area contributed by atoms with E-state index in [1.165, 1.54) is 37.3 Å². The van der Waals surface area contributed by atoms with Gasteiger partial charge in [0.15, 0.2) is 0 Å². The summed E-state index contributed by atoms with van der Waals surface area (Å²) in [6.07, 6.45) is 4.63. The molecule has 3 heterocycles. The molecule has 0 spiro atoms. The highest BCUT2D eigenvalue weighted by atomic mass is 15.3. The molecule has 21 heavy (non-hydrogen) atoms. The van der Waals surface area contributed by atoms with Crippen molar-refractivity contribution in [3.8, 4) is 0 Å². The van der Waals surface area contributed by atoms with Crippen LogP contribution in [0.25, 0.3) is 0 Å². The molecule has 0 bridgehead atoms. The fraction of sp³-hybridized carbons (Fsp3) is 0.706. The van der Waals surface area contributed by atoms with E-state index in [0.29, 0.717) is 12.1 Å². The number of rotatable bonds is 4. The average molecular weight is 288 g/mol. The van der Waals surface area contributed by atoms with Gasteiger partial charge in [-0.25, -0.2) is 4.98 Å². The van der Waals surface area contributed by atoms with Crippen LogP contribution in [0.3, 0.4) is 0 Å². The molecule has 0 amide bonds. The van der Waals surface area contributed by atoms with E-state index in [1.807, 2.05) is 6.20 Å². The molecular formula is C17H28N4. The predicted molar refractivity (Wildman–Crippen MR) is 87.6 cm³/mol. The lowest BCUT2D eigenvalue weighted by Crippen LogP contribution is -2.55. The van der Waals surface area contributed by atoms with Gasteiger partial charge in [0, 0.05) is 49.5 Å². The number of nitrogens with zero attached hydrogens (tertiary/aromatic N) is 3. The monoisotopic (exact) mass is 288 g/mol. The van der Waals surface area contributed by atoms with Crippen molar-refractivity contribution in [1.29, 1.82) is 0 Å². The first-order chi connectivity index (χ1) is 10.1. The number of hydrogen-bond donors (Lipinski definition) is 1. The molecule has 3 rings (SSSR count). The van der Waals surface area contributed by atoms with Gasteiger partial charge >= 0.3 is 0 Å². The minimum absolute atomic E-state index is 0.502. The third-order valence-electron chi connectivity index (χ3n) is 4.78. The predicted octanol–water partition coefficient (Wildman–Crippen LogP) is 2.25. The Kier molecular flexibility index (Phi) is 4.45. The van der Waals surface area contributed by atoms with Gasteiger partial charge < -0.3 is 10.2 Å². The van der Waals surface area contributed by atoms with Crippen LogP contribution in [0.4, 0.5) is 5.82 Å². The number of aromatic nitrogens is 1. The summed E-state index contributed by atoms with van der Waals surface area (Å²) in [5.74, 6) is 1.18. The zero-order valence-corrected chi connectivity index (χ0v) is 13.5. The second-order valence-electron chi connectivity index (χ2n) is 6.81. The summed E-state index contributed by atoms with van der Waals surface area (Å²) >= 11 is 0. The second-order valence-corrected chi connectivity index (χ2v) is 6.81. The number of fused-ring (bicyclic) bond motifs is 1. The number of hydrogen-bond acceptors (Lipinski definition) is 4. The van der Waals surface area contributed by atoms with E-state index >= 15 is 0 Å². The second kappa shape index (κ2) is 6.32. The molecule has 2 fully saturated rings. The summed E-state index contributed by atoms with van der Waals surface area (Å²) in [6, 6.07) is 6.05. The van der Waals surface area contributed by atoms with Crippen molar-refractivity contribution >= 4 is 5.82 Å². The third-order valence-corrected chi connectivity index (χ3v) is 4.78. The number of pyridine rings is 1. The van der Waals surface area contributed by atoms with Crippen LogP contribution in [0, 0.1) is 0 Å². The minimum atomic E-state index is 0.502. The van der Waals surface area contributed by atoms with Gasteiger partial charge in [0.05, 0.1) is 0 Å². The first-order valence-corrected chi connectivity index (χ1v) is 8.33. The maximum atomic E-state index is 4.71. The van der Waals surface area contributed by atoms with Gasteiger partial charge in [0.1, 0.15) is 5.82 Å². The lowest BCUT2D eigenvalue weighted by atomic mass is 10.1. The van der Waals surface area contributed by atoms with E-state index in [-0.39, 0.29) is 0 Å². The number of anilines is 1. The fourth-order valence-corrected chi connectivity index (χ4v) is 3.62. The maximum Gasteiger partial charge on any atom is 0.133 e. The molecule has 0 radical (unpaired) electrons. The Morgan fingerprint density at radius 1 is 1.38 bits per heavy atom. The Hall–Kier alpha value is -1.13. The first-order valence-electron chi connectivity index (χ1n) is 8.33. The quantitative estimate of drug-likeness (QED) is 0.921. The van der Waals surface area contributed by atoms with E-state index in [9.17, 15) is 0 Å². The number of piperazine rings is 1. The van der Waals surface area contributed by atoms with E-state index in [1.54, 1.807) is 0 Å². The average Bonchev–Trinajstić information content (AvgIpc) is 2.91. The summed E-state index contributed by atoms with van der Waals surface area (Å²) in [5, 5.41) is 3.53. The summed E-state index contributed by atoms with van der Waals surface area (Å²) in [5.41, 5.74) is 1.32. The van der Waals surface area contributed by atoms with E-state index in [4.69, 9.17) is 4.98 Å². The van der Waals surface area contributed by atoms with Crippen molar-refractivity contribution in [3.63, 3.8) is 0 Å². The Morgan fingerprint density at radius 2 is 2.24 bits per heavy atom. The molecule has 1 aromatic heterocycles. The van der Waals surface area contributed by atoms with E-state index in [2.05, 4.69) is 48.0 Å². The van der Waals surface area contributed by atoms with Gasteiger partial charge in [-0.1, -0.05) is 19.9 Å². The molecular weight excluding hydrogens is 260 g/mol. The van der Waals surface area contributed by atoms with Crippen molar-refractivity contribution in [1.82, 2.24) is 15.2 Å². The van der Waals surface area contributed by atoms with E-state index < -0.39 is 0 Å². The largest absolute Gasteiger partial charge is 0.351 e. The van der Waals surface area contributed by atoms with E-state index in [0.717, 1.165) is 19.1 Å². The van der Waals surface area contributed by atoms with Crippen molar-refractivity contribution in [2.45, 2.75) is 58.3 Å². The normalized spacial score (nSPS) is 26.4. The lowest BCUT2D eigenvalue weighted by Gasteiger charge is -2.43. The third kappa shape index (κ3) is 3.22. The summed E-state index contributed by atoms with van der Waals surface area (Å²) in [4.78, 5) is 9.91. The van der Waals surface area contributed by atoms with Crippen LogP contribution in [-0.4, -0.2) is 47.6 Å². The van der Waals surface area contributed by atoms with Gasteiger partial charge in [0.25, 0.3) is 0 Å². The highest BCUT2D eigenvalue weighted by Crippen LogP contribution is 2.29. The molecule has 0 aliphatic carbocycles. The van der Waals surface area contributed by atoms with Crippen molar-refractivity contribution < 1.29 is 0 Å². The molecule has 1 aromatic rings. The zero-order valence-electron chi connectivity index (χ0n) is 13.5. The minimum Gasteiger partial charge on any atom is -0.351 e. The topological polar surface area (TPSA) is 31.4 Å². The molecule has 4 heteroatoms. The maximum absolute atomic E-state index is 4.71. The smallest absolute Gasteiger partial charge is 0.133 e. The Balaban J connectivity index is 1.79. The Bertz CT molecular complexity index is 474. The van der Waals surface area contributed by atoms with Crippen LogP contribution in [0.2, 0.25) is 0 Å². The molecule has 0 saturated carbocycles. The SMILES string of the molecule is CC(C)NCc1cccnc1N1CC2CCCN2CC1C. The van der Waals surface area contributed by atoms with Crippen LogP contribution in [0.5, 0.6) is 0 Å². The molecule has 0 aromatic carbocycles. The van der Waals surface area contributed by atoms with Crippen LogP contribution >= 0.6 is 0 Å². The number of nitrogens with one attached hydrogen (secondary N) is 1. The standard InChI is InChI=1S/C17H28N4/c1-13(2)19-10-15-6-4-8-18-17(15)21-12-16-7-5-9-20(16)11-14(21)3/h4,6,8,13-14,16,19H,5,7,9-12H2,1-3H3. The summed E-state index contributed by atoms with van der Waals surface area (Å²) in [7, 11) is 0. The Morgan fingerprint density at radius 3 is 3.05 bits per heavy atom. The molecule has 116 valence electrons. The van der Waals surface area contributed by atoms with Crippen molar-refractivity contribution in [3.05, 3.63) is 23.9 Å². The van der Waals surface area contributed by atoms with Crippen molar-refractivity contribution in [2.75, 3.05) is 24.5 Å². The first kappa shape index (κ1) is 14.8. The van der Waals surface area contributed by atoms with Gasteiger partial charge in [0.2, 0.25) is 0 Å². The fourth-order valence-electron chi connectivity index (χ4n) is 3.62. The summed E-state index contributed by atoms with van der Waals surface area (Å²) < 4.78 is 0. The van der Waals surface area contributed by atoms with Crippen LogP contribution in [-0.2, 0) is 6.54 Å². The highest BCUT2D eigenvalue weighted by Gasteiger charge is 2.35. The Labute approximate surface area is 128 Å². The lowest BCUT2D eigenvalue weighted by molar-refractivity contribution is 0.202. The molecule has 4 nitrogen and oxygen atoms in total.